The summed E-state index contributed by atoms with van der Waals surface area (Å²) >= 11 is 0. The van der Waals surface area contributed by atoms with Crippen molar-refractivity contribution in [1.82, 2.24) is 9.38 Å². The highest BCUT2D eigenvalue weighted by molar-refractivity contribution is 5.93. The topological polar surface area (TPSA) is 60.4 Å². The number of amides is 1. The number of nitrogens with two attached hydrogens (primary N) is 1. The Morgan fingerprint density at radius 3 is 2.79 bits per heavy atom. The lowest BCUT2D eigenvalue weighted by Crippen LogP contribution is -2.15. The molecule has 0 fully saturated rings. The van der Waals surface area contributed by atoms with Crippen molar-refractivity contribution in [1.29, 1.82) is 0 Å². The summed E-state index contributed by atoms with van der Waals surface area (Å²) in [5.41, 5.74) is 8.23. The smallest absolute Gasteiger partial charge is 0.267 e. The molecule has 14 heavy (non-hydrogen) atoms. The number of aryl methyl sites for hydroxylation is 2. The zero-order chi connectivity index (χ0) is 10.3. The number of pyridine rings is 1. The molecule has 0 saturated carbocycles. The Morgan fingerprint density at radius 2 is 2.14 bits per heavy atom. The Morgan fingerprint density at radius 1 is 1.43 bits per heavy atom. The van der Waals surface area contributed by atoms with Gasteiger partial charge in [0.25, 0.3) is 5.91 Å². The predicted octanol–water partition coefficient (Wildman–Crippen LogP) is 1.05. The Hall–Kier alpha value is -1.84. The molecule has 0 aliphatic rings. The van der Waals surface area contributed by atoms with E-state index in [0.29, 0.717) is 11.4 Å². The summed E-state index contributed by atoms with van der Waals surface area (Å²) in [5, 5.41) is 0. The van der Waals surface area contributed by atoms with Gasteiger partial charge in [0.05, 0.1) is 5.69 Å². The monoisotopic (exact) mass is 189 g/mol. The SMILES string of the molecule is Cc1ccc2nc(C)c(C(N)=O)n2c1. The summed E-state index contributed by atoms with van der Waals surface area (Å²) < 4.78 is 1.73. The minimum atomic E-state index is -0.444. The molecule has 2 N–H and O–H groups in total. The Bertz CT molecular complexity index is 513. The number of fused-ring (bicyclic) bond motifs is 1. The first-order valence-electron chi connectivity index (χ1n) is 4.34. The average Bonchev–Trinajstić information content (AvgIpc) is 2.40. The second-order valence-electron chi connectivity index (χ2n) is 3.34. The van der Waals surface area contributed by atoms with Crippen LogP contribution in [0.1, 0.15) is 21.7 Å². The van der Waals surface area contributed by atoms with E-state index in [-0.39, 0.29) is 0 Å². The fraction of sp³-hybridized carbons (Fsp3) is 0.200. The Balaban J connectivity index is 2.86. The predicted molar refractivity (Wildman–Crippen MR) is 53.2 cm³/mol. The van der Waals surface area contributed by atoms with Gasteiger partial charge in [-0.25, -0.2) is 4.98 Å². The van der Waals surface area contributed by atoms with Crippen molar-refractivity contribution < 1.29 is 4.79 Å². The van der Waals surface area contributed by atoms with Gasteiger partial charge in [-0.2, -0.15) is 0 Å². The highest BCUT2D eigenvalue weighted by Crippen LogP contribution is 2.12. The van der Waals surface area contributed by atoms with Gasteiger partial charge in [-0.05, 0) is 25.5 Å². The zero-order valence-corrected chi connectivity index (χ0v) is 8.11. The summed E-state index contributed by atoms with van der Waals surface area (Å²) in [6.45, 7) is 3.74. The molecule has 0 unspecified atom stereocenters. The minimum absolute atomic E-state index is 0.444. The highest BCUT2D eigenvalue weighted by Gasteiger charge is 2.12. The number of rotatable bonds is 1. The van der Waals surface area contributed by atoms with Crippen molar-refractivity contribution in [3.8, 4) is 0 Å². The molecule has 0 spiro atoms. The lowest BCUT2D eigenvalue weighted by atomic mass is 10.3. The summed E-state index contributed by atoms with van der Waals surface area (Å²) in [5.74, 6) is -0.444. The molecule has 4 nitrogen and oxygen atoms in total. The Labute approximate surface area is 81.4 Å². The van der Waals surface area contributed by atoms with Crippen molar-refractivity contribution in [2.24, 2.45) is 5.73 Å². The van der Waals surface area contributed by atoms with Gasteiger partial charge in [-0.15, -0.1) is 0 Å². The fourth-order valence-electron chi connectivity index (χ4n) is 1.57. The van der Waals surface area contributed by atoms with E-state index in [1.807, 2.05) is 25.3 Å². The fourth-order valence-corrected chi connectivity index (χ4v) is 1.57. The average molecular weight is 189 g/mol. The number of nitrogens with zero attached hydrogens (tertiary/aromatic N) is 2. The van der Waals surface area contributed by atoms with E-state index in [2.05, 4.69) is 4.98 Å². The molecule has 1 amide bonds. The van der Waals surface area contributed by atoms with Crippen molar-refractivity contribution in [2.45, 2.75) is 13.8 Å². The number of carbonyl (C=O) groups excluding carboxylic acids is 1. The number of hydrogen-bond donors (Lipinski definition) is 1. The van der Waals surface area contributed by atoms with Crippen LogP contribution in [0.5, 0.6) is 0 Å². The van der Waals surface area contributed by atoms with Crippen LogP contribution in [0.2, 0.25) is 0 Å². The molecule has 2 aromatic rings. The van der Waals surface area contributed by atoms with Gasteiger partial charge in [0.1, 0.15) is 11.3 Å². The molecule has 2 aromatic heterocycles. The molecule has 2 rings (SSSR count). The molecule has 0 atom stereocenters. The maximum atomic E-state index is 11.2. The molecule has 0 bridgehead atoms. The lowest BCUT2D eigenvalue weighted by Gasteiger charge is -1.99. The van der Waals surface area contributed by atoms with Crippen LogP contribution in [0.25, 0.3) is 5.65 Å². The Kier molecular flexibility index (Phi) is 1.77. The van der Waals surface area contributed by atoms with Gasteiger partial charge >= 0.3 is 0 Å². The third kappa shape index (κ3) is 1.16. The van der Waals surface area contributed by atoms with Gasteiger partial charge in [0, 0.05) is 6.20 Å². The maximum absolute atomic E-state index is 11.2. The van der Waals surface area contributed by atoms with Crippen LogP contribution in [0.15, 0.2) is 18.3 Å². The molecular weight excluding hydrogens is 178 g/mol. The molecule has 2 heterocycles. The summed E-state index contributed by atoms with van der Waals surface area (Å²) in [4.78, 5) is 15.4. The minimum Gasteiger partial charge on any atom is -0.364 e. The molecule has 0 aliphatic carbocycles. The summed E-state index contributed by atoms with van der Waals surface area (Å²) in [6.07, 6.45) is 1.86. The van der Waals surface area contributed by atoms with E-state index in [1.165, 1.54) is 0 Å². The van der Waals surface area contributed by atoms with E-state index in [0.717, 1.165) is 11.2 Å². The van der Waals surface area contributed by atoms with Gasteiger partial charge in [0.2, 0.25) is 0 Å². The summed E-state index contributed by atoms with van der Waals surface area (Å²) in [7, 11) is 0. The molecule has 0 aromatic carbocycles. The molecule has 72 valence electrons. The number of aromatic nitrogens is 2. The number of hydrogen-bond acceptors (Lipinski definition) is 2. The standard InChI is InChI=1S/C10H11N3O/c1-6-3-4-8-12-7(2)9(10(11)14)13(8)5-6/h3-5H,1-2H3,(H2,11,14). The first kappa shape index (κ1) is 8.74. The number of primary amides is 1. The van der Waals surface area contributed by atoms with Crippen LogP contribution in [0, 0.1) is 13.8 Å². The van der Waals surface area contributed by atoms with Crippen LogP contribution >= 0.6 is 0 Å². The number of imidazole rings is 1. The van der Waals surface area contributed by atoms with E-state index >= 15 is 0 Å². The van der Waals surface area contributed by atoms with Crippen molar-refractivity contribution in [3.63, 3.8) is 0 Å². The zero-order valence-electron chi connectivity index (χ0n) is 8.11. The van der Waals surface area contributed by atoms with E-state index in [9.17, 15) is 4.79 Å². The normalized spacial score (nSPS) is 10.7. The highest BCUT2D eigenvalue weighted by atomic mass is 16.1. The van der Waals surface area contributed by atoms with Crippen LogP contribution in [0.4, 0.5) is 0 Å². The first-order chi connectivity index (χ1) is 6.59. The van der Waals surface area contributed by atoms with Crippen molar-refractivity contribution in [3.05, 3.63) is 35.3 Å². The van der Waals surface area contributed by atoms with Gasteiger partial charge in [0.15, 0.2) is 0 Å². The first-order valence-corrected chi connectivity index (χ1v) is 4.34. The van der Waals surface area contributed by atoms with Gasteiger partial charge in [-0.3, -0.25) is 9.20 Å². The maximum Gasteiger partial charge on any atom is 0.267 e. The molecule has 4 heteroatoms. The van der Waals surface area contributed by atoms with Crippen LogP contribution in [0.3, 0.4) is 0 Å². The largest absolute Gasteiger partial charge is 0.364 e. The van der Waals surface area contributed by atoms with Crippen LogP contribution in [-0.4, -0.2) is 15.3 Å². The molecule has 0 radical (unpaired) electrons. The van der Waals surface area contributed by atoms with E-state index in [1.54, 1.807) is 11.3 Å². The molecule has 0 saturated heterocycles. The molecule has 0 aliphatic heterocycles. The van der Waals surface area contributed by atoms with E-state index in [4.69, 9.17) is 5.73 Å². The van der Waals surface area contributed by atoms with Gasteiger partial charge in [-0.1, -0.05) is 6.07 Å². The summed E-state index contributed by atoms with van der Waals surface area (Å²) in [6, 6.07) is 3.82. The van der Waals surface area contributed by atoms with Crippen molar-refractivity contribution in [2.75, 3.05) is 0 Å². The van der Waals surface area contributed by atoms with Crippen LogP contribution < -0.4 is 5.73 Å². The van der Waals surface area contributed by atoms with E-state index < -0.39 is 5.91 Å². The van der Waals surface area contributed by atoms with Gasteiger partial charge < -0.3 is 5.73 Å². The molecular formula is C10H11N3O. The third-order valence-electron chi connectivity index (χ3n) is 2.17. The quantitative estimate of drug-likeness (QED) is 0.728. The lowest BCUT2D eigenvalue weighted by molar-refractivity contribution is 0.0994. The second kappa shape index (κ2) is 2.83. The third-order valence-corrected chi connectivity index (χ3v) is 2.17. The van der Waals surface area contributed by atoms with Crippen molar-refractivity contribution >= 4 is 11.6 Å². The van der Waals surface area contributed by atoms with Crippen LogP contribution in [-0.2, 0) is 0 Å². The number of carbonyl (C=O) groups is 1. The second-order valence-corrected chi connectivity index (χ2v) is 3.34.